The monoisotopic (exact) mass is 282 g/mol. The minimum atomic E-state index is -0.232. The first-order valence-electron chi connectivity index (χ1n) is 6.82. The van der Waals surface area contributed by atoms with Crippen LogP contribution in [0.1, 0.15) is 13.3 Å². The highest BCUT2D eigenvalue weighted by Crippen LogP contribution is 2.07. The van der Waals surface area contributed by atoms with Crippen LogP contribution in [0.25, 0.3) is 0 Å². The Morgan fingerprint density at radius 3 is 2.30 bits per heavy atom. The maximum absolute atomic E-state index is 11.0. The summed E-state index contributed by atoms with van der Waals surface area (Å²) in [5.41, 5.74) is 0. The highest BCUT2D eigenvalue weighted by molar-refractivity contribution is 5.69. The third-order valence-electron chi connectivity index (χ3n) is 2.37. The van der Waals surface area contributed by atoms with E-state index in [2.05, 4.69) is 0 Å². The van der Waals surface area contributed by atoms with Gasteiger partial charge in [0.2, 0.25) is 0 Å². The van der Waals surface area contributed by atoms with Crippen LogP contribution in [-0.2, 0) is 19.0 Å². The number of hydrogen-bond acceptors (Lipinski definition) is 5. The van der Waals surface area contributed by atoms with E-state index in [4.69, 9.17) is 18.9 Å². The first-order valence-corrected chi connectivity index (χ1v) is 6.82. The molecule has 0 amide bonds. The molecule has 5 nitrogen and oxygen atoms in total. The van der Waals surface area contributed by atoms with E-state index in [9.17, 15) is 4.79 Å². The van der Waals surface area contributed by atoms with E-state index in [0.717, 1.165) is 5.75 Å². The molecule has 0 heterocycles. The molecule has 1 aromatic rings. The zero-order valence-corrected chi connectivity index (χ0v) is 11.9. The number of benzene rings is 1. The van der Waals surface area contributed by atoms with Gasteiger partial charge in [0, 0.05) is 0 Å². The Balaban J connectivity index is 1.84. The largest absolute Gasteiger partial charge is 0.491 e. The number of para-hydroxylation sites is 1. The van der Waals surface area contributed by atoms with Crippen molar-refractivity contribution < 1.29 is 23.7 Å². The fourth-order valence-corrected chi connectivity index (χ4v) is 1.45. The Morgan fingerprint density at radius 2 is 1.60 bits per heavy atom. The lowest BCUT2D eigenvalue weighted by Crippen LogP contribution is -2.13. The first kappa shape index (κ1) is 16.5. The van der Waals surface area contributed by atoms with Gasteiger partial charge in [-0.2, -0.15) is 0 Å². The highest BCUT2D eigenvalue weighted by atomic mass is 16.5. The van der Waals surface area contributed by atoms with Crippen molar-refractivity contribution in [2.45, 2.75) is 13.3 Å². The van der Waals surface area contributed by atoms with E-state index in [-0.39, 0.29) is 12.4 Å². The molecular weight excluding hydrogens is 260 g/mol. The van der Waals surface area contributed by atoms with Crippen molar-refractivity contribution in [2.24, 2.45) is 0 Å². The van der Waals surface area contributed by atoms with Crippen molar-refractivity contribution in [1.82, 2.24) is 0 Å². The lowest BCUT2D eigenvalue weighted by atomic mass is 10.3. The lowest BCUT2D eigenvalue weighted by Gasteiger charge is -2.07. The second-order valence-electron chi connectivity index (χ2n) is 3.94. The maximum atomic E-state index is 11.0. The molecule has 5 heteroatoms. The number of hydrogen-bond donors (Lipinski definition) is 0. The SMILES string of the molecule is CCOC(=O)CCOCCOCCOc1ccccc1. The second-order valence-corrected chi connectivity index (χ2v) is 3.94. The Hall–Kier alpha value is -1.59. The second kappa shape index (κ2) is 11.3. The number of carbonyl (C=O) groups is 1. The van der Waals surface area contributed by atoms with Crippen molar-refractivity contribution >= 4 is 5.97 Å². The number of esters is 1. The molecule has 0 aliphatic rings. The zero-order chi connectivity index (χ0) is 14.5. The summed E-state index contributed by atoms with van der Waals surface area (Å²) >= 11 is 0. The first-order chi connectivity index (χ1) is 9.83. The third kappa shape index (κ3) is 8.50. The number of ether oxygens (including phenoxy) is 4. The molecule has 0 aliphatic carbocycles. The Morgan fingerprint density at radius 1 is 0.950 bits per heavy atom. The number of rotatable bonds is 11. The summed E-state index contributed by atoms with van der Waals surface area (Å²) in [7, 11) is 0. The molecule has 0 aromatic heterocycles. The van der Waals surface area contributed by atoms with Crippen LogP contribution < -0.4 is 4.74 Å². The molecule has 0 N–H and O–H groups in total. The summed E-state index contributed by atoms with van der Waals surface area (Å²) < 4.78 is 20.8. The smallest absolute Gasteiger partial charge is 0.308 e. The average Bonchev–Trinajstić information content (AvgIpc) is 2.47. The molecule has 20 heavy (non-hydrogen) atoms. The summed E-state index contributed by atoms with van der Waals surface area (Å²) in [5, 5.41) is 0. The molecule has 0 bridgehead atoms. The van der Waals surface area contributed by atoms with Gasteiger partial charge in [0.05, 0.1) is 39.5 Å². The van der Waals surface area contributed by atoms with E-state index >= 15 is 0 Å². The lowest BCUT2D eigenvalue weighted by molar-refractivity contribution is -0.144. The van der Waals surface area contributed by atoms with E-state index < -0.39 is 0 Å². The van der Waals surface area contributed by atoms with Crippen LogP contribution in [0.5, 0.6) is 5.75 Å². The predicted molar refractivity (Wildman–Crippen MR) is 74.8 cm³/mol. The van der Waals surface area contributed by atoms with Gasteiger partial charge in [-0.25, -0.2) is 0 Å². The van der Waals surface area contributed by atoms with Gasteiger partial charge in [-0.1, -0.05) is 18.2 Å². The Labute approximate surface area is 119 Å². The van der Waals surface area contributed by atoms with Crippen molar-refractivity contribution in [3.63, 3.8) is 0 Å². The predicted octanol–water partition coefficient (Wildman–Crippen LogP) is 2.05. The van der Waals surface area contributed by atoms with Gasteiger partial charge in [0.25, 0.3) is 0 Å². The van der Waals surface area contributed by atoms with Gasteiger partial charge in [-0.05, 0) is 19.1 Å². The minimum Gasteiger partial charge on any atom is -0.491 e. The van der Waals surface area contributed by atoms with Crippen molar-refractivity contribution in [3.05, 3.63) is 30.3 Å². The van der Waals surface area contributed by atoms with Crippen LogP contribution in [-0.4, -0.2) is 45.6 Å². The van der Waals surface area contributed by atoms with Crippen LogP contribution in [0.3, 0.4) is 0 Å². The van der Waals surface area contributed by atoms with Gasteiger partial charge in [0.1, 0.15) is 12.4 Å². The zero-order valence-electron chi connectivity index (χ0n) is 11.9. The van der Waals surface area contributed by atoms with Gasteiger partial charge in [-0.15, -0.1) is 0 Å². The summed E-state index contributed by atoms with van der Waals surface area (Å²) in [4.78, 5) is 11.0. The van der Waals surface area contributed by atoms with E-state index in [1.807, 2.05) is 30.3 Å². The van der Waals surface area contributed by atoms with Crippen LogP contribution in [0.4, 0.5) is 0 Å². The van der Waals surface area contributed by atoms with Crippen molar-refractivity contribution in [1.29, 1.82) is 0 Å². The summed E-state index contributed by atoms with van der Waals surface area (Å²) in [5.74, 6) is 0.603. The quantitative estimate of drug-likeness (QED) is 0.459. The van der Waals surface area contributed by atoms with Crippen LogP contribution >= 0.6 is 0 Å². The molecular formula is C15H22O5. The molecule has 0 saturated carbocycles. The molecule has 0 saturated heterocycles. The maximum Gasteiger partial charge on any atom is 0.308 e. The molecule has 0 atom stereocenters. The Bertz CT molecular complexity index is 353. The summed E-state index contributed by atoms with van der Waals surface area (Å²) in [6.45, 7) is 4.52. The highest BCUT2D eigenvalue weighted by Gasteiger charge is 2.00. The van der Waals surface area contributed by atoms with Crippen LogP contribution in [0.2, 0.25) is 0 Å². The topological polar surface area (TPSA) is 54.0 Å². The summed E-state index contributed by atoms with van der Waals surface area (Å²) in [6, 6.07) is 9.59. The summed E-state index contributed by atoms with van der Waals surface area (Å²) in [6.07, 6.45) is 0.283. The molecule has 0 unspecified atom stereocenters. The number of carbonyl (C=O) groups excluding carboxylic acids is 1. The average molecular weight is 282 g/mol. The third-order valence-corrected chi connectivity index (χ3v) is 2.37. The van der Waals surface area contributed by atoms with Gasteiger partial charge in [0.15, 0.2) is 0 Å². The fourth-order valence-electron chi connectivity index (χ4n) is 1.45. The van der Waals surface area contributed by atoms with Crippen molar-refractivity contribution in [3.8, 4) is 5.75 Å². The van der Waals surface area contributed by atoms with E-state index in [1.54, 1.807) is 6.92 Å². The molecule has 112 valence electrons. The molecule has 0 aliphatic heterocycles. The fraction of sp³-hybridized carbons (Fsp3) is 0.533. The van der Waals surface area contributed by atoms with Crippen LogP contribution in [0, 0.1) is 0 Å². The van der Waals surface area contributed by atoms with Crippen molar-refractivity contribution in [2.75, 3.05) is 39.6 Å². The van der Waals surface area contributed by atoms with E-state index in [0.29, 0.717) is 39.6 Å². The van der Waals surface area contributed by atoms with Crippen LogP contribution in [0.15, 0.2) is 30.3 Å². The minimum absolute atomic E-state index is 0.232. The van der Waals surface area contributed by atoms with Gasteiger partial charge >= 0.3 is 5.97 Å². The molecule has 0 fully saturated rings. The molecule has 1 rings (SSSR count). The normalized spacial score (nSPS) is 10.2. The molecule has 0 spiro atoms. The molecule has 1 aromatic carbocycles. The Kier molecular flexibility index (Phi) is 9.26. The van der Waals surface area contributed by atoms with Gasteiger partial charge < -0.3 is 18.9 Å². The standard InChI is InChI=1S/C15H22O5/c1-2-19-15(16)8-9-17-10-11-18-12-13-20-14-6-4-3-5-7-14/h3-7H,2,8-13H2,1H3. The van der Waals surface area contributed by atoms with Gasteiger partial charge in [-0.3, -0.25) is 4.79 Å². The molecule has 0 radical (unpaired) electrons. The van der Waals surface area contributed by atoms with E-state index in [1.165, 1.54) is 0 Å².